The molecule has 0 amide bonds. The van der Waals surface area contributed by atoms with E-state index in [2.05, 4.69) is 0 Å². The van der Waals surface area contributed by atoms with Gasteiger partial charge < -0.3 is 10.6 Å². The van der Waals surface area contributed by atoms with Gasteiger partial charge in [0.2, 0.25) is 0 Å². The Morgan fingerprint density at radius 1 is 1.05 bits per heavy atom. The van der Waals surface area contributed by atoms with E-state index in [1.54, 1.807) is 11.9 Å². The van der Waals surface area contributed by atoms with Gasteiger partial charge >= 0.3 is 0 Å². The van der Waals surface area contributed by atoms with Crippen LogP contribution < -0.4 is 10.6 Å². The van der Waals surface area contributed by atoms with Gasteiger partial charge in [-0.2, -0.15) is 0 Å². The van der Waals surface area contributed by atoms with E-state index in [-0.39, 0.29) is 0 Å². The van der Waals surface area contributed by atoms with Crippen LogP contribution in [-0.2, 0) is 13.1 Å². The molecule has 2 rings (SSSR count). The van der Waals surface area contributed by atoms with Crippen molar-refractivity contribution in [1.29, 1.82) is 0 Å². The first kappa shape index (κ1) is 13.5. The molecule has 100 valence electrons. The first-order valence-electron chi connectivity index (χ1n) is 6.04. The molecular formula is C15H16F2N2. The maximum Gasteiger partial charge on any atom is 0.149 e. The highest BCUT2D eigenvalue weighted by Gasteiger charge is 2.09. The fourth-order valence-electron chi connectivity index (χ4n) is 2.00. The van der Waals surface area contributed by atoms with Crippen LogP contribution in [0.25, 0.3) is 0 Å². The molecule has 0 radical (unpaired) electrons. The second kappa shape index (κ2) is 5.80. The van der Waals surface area contributed by atoms with Gasteiger partial charge in [0.25, 0.3) is 0 Å². The van der Waals surface area contributed by atoms with Gasteiger partial charge in [-0.3, -0.25) is 0 Å². The Bertz CT molecular complexity index is 570. The highest BCUT2D eigenvalue weighted by molar-refractivity contribution is 5.47. The Kier molecular flexibility index (Phi) is 4.12. The van der Waals surface area contributed by atoms with E-state index in [0.29, 0.717) is 18.8 Å². The van der Waals surface area contributed by atoms with Crippen LogP contribution in [0.15, 0.2) is 42.5 Å². The molecule has 2 N–H and O–H groups in total. The average molecular weight is 262 g/mol. The molecule has 0 spiro atoms. The normalized spacial score (nSPS) is 10.5. The average Bonchev–Trinajstić information content (AvgIpc) is 2.38. The second-order valence-electron chi connectivity index (χ2n) is 4.48. The molecule has 0 bridgehead atoms. The molecule has 0 aliphatic heterocycles. The molecule has 0 aliphatic carbocycles. The third-order valence-corrected chi connectivity index (χ3v) is 2.97. The largest absolute Gasteiger partial charge is 0.368 e. The summed E-state index contributed by atoms with van der Waals surface area (Å²) in [6.07, 6.45) is 0. The highest BCUT2D eigenvalue weighted by atomic mass is 19.1. The summed E-state index contributed by atoms with van der Waals surface area (Å²) in [4.78, 5) is 1.74. The molecule has 0 saturated carbocycles. The molecule has 0 saturated heterocycles. The maximum atomic E-state index is 13.6. The van der Waals surface area contributed by atoms with Gasteiger partial charge in [0.15, 0.2) is 0 Å². The standard InChI is InChI=1S/C15H16F2N2/c1-19(15-6-5-13(16)8-14(15)17)10-12-4-2-3-11(7-12)9-18/h2-8H,9-10,18H2,1H3. The van der Waals surface area contributed by atoms with E-state index in [1.165, 1.54) is 12.1 Å². The first-order valence-corrected chi connectivity index (χ1v) is 6.04. The molecule has 2 aromatic rings. The van der Waals surface area contributed by atoms with Crippen LogP contribution in [-0.4, -0.2) is 7.05 Å². The van der Waals surface area contributed by atoms with E-state index in [4.69, 9.17) is 5.73 Å². The number of rotatable bonds is 4. The van der Waals surface area contributed by atoms with E-state index in [9.17, 15) is 8.78 Å². The van der Waals surface area contributed by atoms with Crippen LogP contribution in [0.5, 0.6) is 0 Å². The van der Waals surface area contributed by atoms with Crippen molar-refractivity contribution in [2.45, 2.75) is 13.1 Å². The van der Waals surface area contributed by atoms with Crippen molar-refractivity contribution in [2.24, 2.45) is 5.73 Å². The quantitative estimate of drug-likeness (QED) is 0.917. The fourth-order valence-corrected chi connectivity index (χ4v) is 2.00. The molecule has 0 aromatic heterocycles. The Labute approximate surface area is 111 Å². The summed E-state index contributed by atoms with van der Waals surface area (Å²) in [6.45, 7) is 1.01. The number of nitrogens with two attached hydrogens (primary N) is 1. The van der Waals surface area contributed by atoms with Crippen LogP contribution in [0.1, 0.15) is 11.1 Å². The SMILES string of the molecule is CN(Cc1cccc(CN)c1)c1ccc(F)cc1F. The monoisotopic (exact) mass is 262 g/mol. The second-order valence-corrected chi connectivity index (χ2v) is 4.48. The molecule has 0 aliphatic rings. The zero-order valence-electron chi connectivity index (χ0n) is 10.7. The molecule has 0 unspecified atom stereocenters. The Morgan fingerprint density at radius 2 is 1.79 bits per heavy atom. The van der Waals surface area contributed by atoms with Gasteiger partial charge in [-0.1, -0.05) is 24.3 Å². The van der Waals surface area contributed by atoms with Crippen LogP contribution >= 0.6 is 0 Å². The lowest BCUT2D eigenvalue weighted by atomic mass is 10.1. The van der Waals surface area contributed by atoms with Crippen LogP contribution in [0.4, 0.5) is 14.5 Å². The minimum Gasteiger partial charge on any atom is -0.368 e. The number of nitrogens with zero attached hydrogens (tertiary/aromatic N) is 1. The van der Waals surface area contributed by atoms with Gasteiger partial charge in [-0.25, -0.2) is 8.78 Å². The minimum atomic E-state index is -0.570. The summed E-state index contributed by atoms with van der Waals surface area (Å²) >= 11 is 0. The predicted octanol–water partition coefficient (Wildman–Crippen LogP) is 3.06. The number of hydrogen-bond acceptors (Lipinski definition) is 2. The van der Waals surface area contributed by atoms with Gasteiger partial charge in [-0.05, 0) is 23.3 Å². The molecule has 19 heavy (non-hydrogen) atoms. The summed E-state index contributed by atoms with van der Waals surface area (Å²) in [6, 6.07) is 11.4. The predicted molar refractivity (Wildman–Crippen MR) is 72.8 cm³/mol. The number of halogens is 2. The smallest absolute Gasteiger partial charge is 0.149 e. The summed E-state index contributed by atoms with van der Waals surface area (Å²) in [7, 11) is 1.77. The lowest BCUT2D eigenvalue weighted by Gasteiger charge is -2.20. The molecule has 0 atom stereocenters. The zero-order chi connectivity index (χ0) is 13.8. The van der Waals surface area contributed by atoms with Crippen molar-refractivity contribution in [3.8, 4) is 0 Å². The molecular weight excluding hydrogens is 246 g/mol. The minimum absolute atomic E-state index is 0.375. The summed E-state index contributed by atoms with van der Waals surface area (Å²) in [5, 5.41) is 0. The summed E-state index contributed by atoms with van der Waals surface area (Å²) < 4.78 is 26.5. The Morgan fingerprint density at radius 3 is 2.47 bits per heavy atom. The van der Waals surface area contributed by atoms with Crippen molar-refractivity contribution in [3.63, 3.8) is 0 Å². The van der Waals surface area contributed by atoms with E-state index in [0.717, 1.165) is 17.2 Å². The van der Waals surface area contributed by atoms with Crippen molar-refractivity contribution in [2.75, 3.05) is 11.9 Å². The van der Waals surface area contributed by atoms with Crippen molar-refractivity contribution < 1.29 is 8.78 Å². The topological polar surface area (TPSA) is 29.3 Å². The fraction of sp³-hybridized carbons (Fsp3) is 0.200. The van der Waals surface area contributed by atoms with Gasteiger partial charge in [0.1, 0.15) is 11.6 Å². The summed E-state index contributed by atoms with van der Waals surface area (Å²) in [5.74, 6) is -1.13. The van der Waals surface area contributed by atoms with Crippen LogP contribution in [0.3, 0.4) is 0 Å². The molecule has 4 heteroatoms. The van der Waals surface area contributed by atoms with Gasteiger partial charge in [0.05, 0.1) is 5.69 Å². The lowest BCUT2D eigenvalue weighted by molar-refractivity contribution is 0.581. The zero-order valence-corrected chi connectivity index (χ0v) is 10.7. The van der Waals surface area contributed by atoms with E-state index >= 15 is 0 Å². The number of hydrogen-bond donors (Lipinski definition) is 1. The Hall–Kier alpha value is -1.94. The third kappa shape index (κ3) is 3.29. The third-order valence-electron chi connectivity index (χ3n) is 2.97. The molecule has 2 aromatic carbocycles. The molecule has 0 fully saturated rings. The number of anilines is 1. The molecule has 2 nitrogen and oxygen atoms in total. The summed E-state index contributed by atoms with van der Waals surface area (Å²) in [5.41, 5.74) is 8.03. The van der Waals surface area contributed by atoms with E-state index < -0.39 is 11.6 Å². The maximum absolute atomic E-state index is 13.6. The van der Waals surface area contributed by atoms with Gasteiger partial charge in [0, 0.05) is 26.2 Å². The highest BCUT2D eigenvalue weighted by Crippen LogP contribution is 2.21. The van der Waals surface area contributed by atoms with Crippen molar-refractivity contribution >= 4 is 5.69 Å². The lowest BCUT2D eigenvalue weighted by Crippen LogP contribution is -2.18. The van der Waals surface area contributed by atoms with Crippen molar-refractivity contribution in [1.82, 2.24) is 0 Å². The first-order chi connectivity index (χ1) is 9.10. The van der Waals surface area contributed by atoms with Crippen LogP contribution in [0, 0.1) is 11.6 Å². The van der Waals surface area contributed by atoms with E-state index in [1.807, 2.05) is 24.3 Å². The molecule has 0 heterocycles. The number of benzene rings is 2. The van der Waals surface area contributed by atoms with Crippen LogP contribution in [0.2, 0.25) is 0 Å². The van der Waals surface area contributed by atoms with Crippen molar-refractivity contribution in [3.05, 3.63) is 65.2 Å². The Balaban J connectivity index is 2.17. The van der Waals surface area contributed by atoms with Gasteiger partial charge in [-0.15, -0.1) is 0 Å².